The lowest BCUT2D eigenvalue weighted by molar-refractivity contribution is -0.127. The average Bonchev–Trinajstić information content (AvgIpc) is 1.92. The van der Waals surface area contributed by atoms with E-state index in [2.05, 4.69) is 5.32 Å². The fourth-order valence-electron chi connectivity index (χ4n) is 2.79. The Labute approximate surface area is 84.2 Å². The van der Waals surface area contributed by atoms with Gasteiger partial charge in [0.2, 0.25) is 0 Å². The first-order chi connectivity index (χ1) is 6.43. The number of carbonyl (C=O) groups is 1. The van der Waals surface area contributed by atoms with Crippen molar-refractivity contribution in [1.29, 1.82) is 0 Å². The Morgan fingerprint density at radius 3 is 2.50 bits per heavy atom. The van der Waals surface area contributed by atoms with E-state index in [1.807, 2.05) is 13.8 Å². The van der Waals surface area contributed by atoms with Gasteiger partial charge in [0.25, 0.3) is 0 Å². The largest absolute Gasteiger partial charge is 0.447 e. The van der Waals surface area contributed by atoms with Gasteiger partial charge in [-0.1, -0.05) is 0 Å². The van der Waals surface area contributed by atoms with Crippen LogP contribution in [0.5, 0.6) is 0 Å². The fraction of sp³-hybridized carbons (Fsp3) is 0.900. The molecule has 80 valence electrons. The highest BCUT2D eigenvalue weighted by molar-refractivity contribution is 5.67. The summed E-state index contributed by atoms with van der Waals surface area (Å²) in [5.41, 5.74) is 6.34. The third kappa shape index (κ3) is 1.59. The lowest BCUT2D eigenvalue weighted by Gasteiger charge is -2.69. The van der Waals surface area contributed by atoms with E-state index in [0.29, 0.717) is 5.41 Å². The number of nitrogens with one attached hydrogen (secondary N) is 1. The Hall–Kier alpha value is -0.770. The highest BCUT2D eigenvalue weighted by Gasteiger charge is 2.65. The molecule has 0 aromatic heterocycles. The smallest absolute Gasteiger partial charge is 0.407 e. The minimum Gasteiger partial charge on any atom is -0.447 e. The van der Waals surface area contributed by atoms with E-state index < -0.39 is 0 Å². The van der Waals surface area contributed by atoms with Crippen molar-refractivity contribution in [2.24, 2.45) is 11.1 Å². The SMILES string of the molecule is CC(C)OC(=O)NCC12CC(N)(C1)C2. The second kappa shape index (κ2) is 2.86. The molecule has 3 fully saturated rings. The molecule has 4 heteroatoms. The van der Waals surface area contributed by atoms with E-state index >= 15 is 0 Å². The number of nitrogens with two attached hydrogens (primary N) is 1. The molecule has 0 heterocycles. The average molecular weight is 198 g/mol. The van der Waals surface area contributed by atoms with Crippen LogP contribution in [0.3, 0.4) is 0 Å². The normalized spacial score (nSPS) is 38.6. The van der Waals surface area contributed by atoms with Crippen LogP contribution in [0.2, 0.25) is 0 Å². The van der Waals surface area contributed by atoms with Gasteiger partial charge in [-0.25, -0.2) is 4.79 Å². The molecular weight excluding hydrogens is 180 g/mol. The minimum absolute atomic E-state index is 0.0520. The van der Waals surface area contributed by atoms with Gasteiger partial charge in [-0.3, -0.25) is 0 Å². The number of carbonyl (C=O) groups excluding carboxylic acids is 1. The van der Waals surface area contributed by atoms with E-state index in [4.69, 9.17) is 10.5 Å². The van der Waals surface area contributed by atoms with Gasteiger partial charge in [0.1, 0.15) is 0 Å². The van der Waals surface area contributed by atoms with Crippen molar-refractivity contribution < 1.29 is 9.53 Å². The molecule has 0 aliphatic heterocycles. The van der Waals surface area contributed by atoms with Crippen LogP contribution in [-0.4, -0.2) is 24.3 Å². The van der Waals surface area contributed by atoms with Gasteiger partial charge in [-0.05, 0) is 38.5 Å². The molecule has 0 aromatic rings. The van der Waals surface area contributed by atoms with E-state index in [1.54, 1.807) is 0 Å². The Morgan fingerprint density at radius 2 is 2.07 bits per heavy atom. The summed E-state index contributed by atoms with van der Waals surface area (Å²) in [5, 5.41) is 2.79. The standard InChI is InChI=1S/C10H18N2O2/c1-7(2)14-8(13)12-6-9-3-10(11,4-9)5-9/h7H,3-6,11H2,1-2H3,(H,12,13). The molecule has 0 saturated heterocycles. The van der Waals surface area contributed by atoms with Crippen LogP contribution in [0.1, 0.15) is 33.1 Å². The quantitative estimate of drug-likeness (QED) is 0.711. The van der Waals surface area contributed by atoms with Crippen LogP contribution >= 0.6 is 0 Å². The molecule has 1 amide bonds. The molecule has 3 saturated carbocycles. The summed E-state index contributed by atoms with van der Waals surface area (Å²) in [6, 6.07) is 0. The summed E-state index contributed by atoms with van der Waals surface area (Å²) in [6.07, 6.45) is 2.81. The van der Waals surface area contributed by atoms with Gasteiger partial charge in [0.15, 0.2) is 0 Å². The number of ether oxygens (including phenoxy) is 1. The van der Waals surface area contributed by atoms with E-state index in [9.17, 15) is 4.79 Å². The maximum Gasteiger partial charge on any atom is 0.407 e. The molecule has 3 aliphatic carbocycles. The van der Waals surface area contributed by atoms with Crippen molar-refractivity contribution in [1.82, 2.24) is 5.32 Å². The molecule has 0 spiro atoms. The minimum atomic E-state index is -0.309. The summed E-state index contributed by atoms with van der Waals surface area (Å²) < 4.78 is 4.98. The van der Waals surface area contributed by atoms with Gasteiger partial charge in [-0.15, -0.1) is 0 Å². The lowest BCUT2D eigenvalue weighted by Crippen LogP contribution is -2.74. The Kier molecular flexibility index (Phi) is 2.00. The van der Waals surface area contributed by atoms with Crippen molar-refractivity contribution in [3.05, 3.63) is 0 Å². The number of alkyl carbamates (subject to hydrolysis) is 1. The van der Waals surface area contributed by atoms with Gasteiger partial charge >= 0.3 is 6.09 Å². The van der Waals surface area contributed by atoms with Gasteiger partial charge in [0.05, 0.1) is 6.10 Å². The predicted octanol–water partition coefficient (Wildman–Crippen LogP) is 1.00. The molecule has 3 N–H and O–H groups in total. The van der Waals surface area contributed by atoms with Crippen molar-refractivity contribution in [2.75, 3.05) is 6.54 Å². The van der Waals surface area contributed by atoms with Crippen LogP contribution in [0.4, 0.5) is 4.79 Å². The Morgan fingerprint density at radius 1 is 1.50 bits per heavy atom. The number of amides is 1. The van der Waals surface area contributed by atoms with Gasteiger partial charge < -0.3 is 15.8 Å². The first-order valence-corrected chi connectivity index (χ1v) is 5.17. The third-order valence-electron chi connectivity index (χ3n) is 3.13. The van der Waals surface area contributed by atoms with Gasteiger partial charge in [0, 0.05) is 12.1 Å². The lowest BCUT2D eigenvalue weighted by atomic mass is 9.40. The maximum absolute atomic E-state index is 11.2. The van der Waals surface area contributed by atoms with Crippen molar-refractivity contribution in [2.45, 2.75) is 44.8 Å². The molecule has 3 rings (SSSR count). The van der Waals surface area contributed by atoms with Crippen LogP contribution < -0.4 is 11.1 Å². The second-order valence-electron chi connectivity index (χ2n) is 5.20. The van der Waals surface area contributed by atoms with Gasteiger partial charge in [-0.2, -0.15) is 0 Å². The predicted molar refractivity (Wildman–Crippen MR) is 52.8 cm³/mol. The topological polar surface area (TPSA) is 64.3 Å². The molecule has 14 heavy (non-hydrogen) atoms. The molecule has 0 radical (unpaired) electrons. The van der Waals surface area contributed by atoms with E-state index in [0.717, 1.165) is 25.8 Å². The summed E-state index contributed by atoms with van der Waals surface area (Å²) >= 11 is 0. The van der Waals surface area contributed by atoms with E-state index in [1.165, 1.54) is 0 Å². The molecule has 0 aromatic carbocycles. The van der Waals surface area contributed by atoms with Crippen LogP contribution in [0.25, 0.3) is 0 Å². The maximum atomic E-state index is 11.2. The van der Waals surface area contributed by atoms with Crippen LogP contribution in [0.15, 0.2) is 0 Å². The van der Waals surface area contributed by atoms with Crippen molar-refractivity contribution in [3.8, 4) is 0 Å². The molecule has 3 aliphatic rings. The first-order valence-electron chi connectivity index (χ1n) is 5.17. The summed E-state index contributed by atoms with van der Waals surface area (Å²) in [5.74, 6) is 0. The summed E-state index contributed by atoms with van der Waals surface area (Å²) in [6.45, 7) is 4.41. The number of hydrogen-bond acceptors (Lipinski definition) is 3. The zero-order valence-electron chi connectivity index (χ0n) is 8.80. The summed E-state index contributed by atoms with van der Waals surface area (Å²) in [4.78, 5) is 11.2. The van der Waals surface area contributed by atoms with Crippen molar-refractivity contribution >= 4 is 6.09 Å². The second-order valence-corrected chi connectivity index (χ2v) is 5.20. The number of rotatable bonds is 3. The molecular formula is C10H18N2O2. The highest BCUT2D eigenvalue weighted by Crippen LogP contribution is 2.65. The van der Waals surface area contributed by atoms with E-state index in [-0.39, 0.29) is 17.7 Å². The molecule has 4 nitrogen and oxygen atoms in total. The van der Waals surface area contributed by atoms with Crippen molar-refractivity contribution in [3.63, 3.8) is 0 Å². The number of hydrogen-bond donors (Lipinski definition) is 2. The first kappa shape index (κ1) is 9.77. The monoisotopic (exact) mass is 198 g/mol. The zero-order valence-corrected chi connectivity index (χ0v) is 8.80. The molecule has 0 atom stereocenters. The molecule has 0 unspecified atom stereocenters. The zero-order chi connectivity index (χ0) is 10.4. The molecule has 2 bridgehead atoms. The highest BCUT2D eigenvalue weighted by atomic mass is 16.6. The van der Waals surface area contributed by atoms with Crippen LogP contribution in [0, 0.1) is 5.41 Å². The Bertz CT molecular complexity index is 243. The Balaban J connectivity index is 1.66. The van der Waals surface area contributed by atoms with Crippen LogP contribution in [-0.2, 0) is 4.74 Å². The summed E-state index contributed by atoms with van der Waals surface area (Å²) in [7, 11) is 0. The third-order valence-corrected chi connectivity index (χ3v) is 3.13. The fourth-order valence-corrected chi connectivity index (χ4v) is 2.79.